The zero-order valence-corrected chi connectivity index (χ0v) is 16.1. The maximum Gasteiger partial charge on any atom is 0.126 e. The minimum Gasteiger partial charge on any atom is -0.488 e. The average molecular weight is 433 g/mol. The first-order valence-electron chi connectivity index (χ1n) is 6.91. The van der Waals surface area contributed by atoms with Crippen LogP contribution >= 0.6 is 43.2 Å². The maximum absolute atomic E-state index is 6.11. The summed E-state index contributed by atoms with van der Waals surface area (Å²) in [5, 5.41) is 0. The van der Waals surface area contributed by atoms with E-state index in [2.05, 4.69) is 63.9 Å². The number of benzene rings is 1. The van der Waals surface area contributed by atoms with Crippen LogP contribution in [0, 0.1) is 6.92 Å². The van der Waals surface area contributed by atoms with E-state index in [0.29, 0.717) is 6.61 Å². The number of nitrogens with two attached hydrogens (primary N) is 1. The predicted molar refractivity (Wildman–Crippen MR) is 97.2 cm³/mol. The van der Waals surface area contributed by atoms with Gasteiger partial charge >= 0.3 is 0 Å². The highest BCUT2D eigenvalue weighted by atomic mass is 79.9. The van der Waals surface area contributed by atoms with Gasteiger partial charge in [-0.3, -0.25) is 0 Å². The Bertz CT molecular complexity index is 612. The van der Waals surface area contributed by atoms with Gasteiger partial charge < -0.3 is 10.5 Å². The molecule has 2 nitrogen and oxygen atoms in total. The van der Waals surface area contributed by atoms with Gasteiger partial charge in [0, 0.05) is 15.4 Å². The Morgan fingerprint density at radius 2 is 2.05 bits per heavy atom. The summed E-state index contributed by atoms with van der Waals surface area (Å²) >= 11 is 8.73. The van der Waals surface area contributed by atoms with Gasteiger partial charge in [0.15, 0.2) is 0 Å². The molecule has 0 bridgehead atoms. The molecule has 114 valence electrons. The van der Waals surface area contributed by atoms with E-state index in [9.17, 15) is 0 Å². The molecular weight excluding hydrogens is 414 g/mol. The molecule has 0 aliphatic carbocycles. The number of aryl methyl sites for hydroxylation is 1. The number of thiophene rings is 1. The van der Waals surface area contributed by atoms with Crippen LogP contribution in [0.2, 0.25) is 0 Å². The Hall–Kier alpha value is -0.360. The van der Waals surface area contributed by atoms with Crippen molar-refractivity contribution in [3.8, 4) is 5.75 Å². The molecule has 2 N–H and O–H groups in total. The fourth-order valence-electron chi connectivity index (χ4n) is 2.16. The third-order valence-electron chi connectivity index (χ3n) is 3.31. The largest absolute Gasteiger partial charge is 0.488 e. The van der Waals surface area contributed by atoms with Gasteiger partial charge in [-0.25, -0.2) is 0 Å². The molecule has 5 heteroatoms. The Morgan fingerprint density at radius 1 is 1.29 bits per heavy atom. The molecule has 1 unspecified atom stereocenters. The van der Waals surface area contributed by atoms with Crippen molar-refractivity contribution in [2.75, 3.05) is 0 Å². The number of hydrogen-bond acceptors (Lipinski definition) is 3. The second-order valence-corrected chi connectivity index (χ2v) is 8.54. The van der Waals surface area contributed by atoms with Crippen LogP contribution in [-0.2, 0) is 13.0 Å². The summed E-state index contributed by atoms with van der Waals surface area (Å²) in [6, 6.07) is 8.49. The van der Waals surface area contributed by atoms with Crippen molar-refractivity contribution in [1.82, 2.24) is 0 Å². The summed E-state index contributed by atoms with van der Waals surface area (Å²) < 4.78 is 8.28. The fourth-order valence-corrected chi connectivity index (χ4v) is 4.17. The van der Waals surface area contributed by atoms with Gasteiger partial charge in [0.1, 0.15) is 12.4 Å². The van der Waals surface area contributed by atoms with E-state index in [1.807, 2.05) is 6.07 Å². The van der Waals surface area contributed by atoms with Crippen LogP contribution < -0.4 is 10.5 Å². The minimum atomic E-state index is 0.164. The Kier molecular flexibility index (Phi) is 6.29. The standard InChI is InChI=1S/C16H19Br2NOS/c1-3-13(19)8-11-7-12(17)6-10(2)16(11)20-9-14-4-5-15(18)21-14/h4-7,13H,3,8-9,19H2,1-2H3. The molecule has 0 aliphatic heterocycles. The van der Waals surface area contributed by atoms with Crippen molar-refractivity contribution in [1.29, 1.82) is 0 Å². The fraction of sp³-hybridized carbons (Fsp3) is 0.375. The van der Waals surface area contributed by atoms with Crippen LogP contribution in [0.4, 0.5) is 0 Å². The van der Waals surface area contributed by atoms with E-state index in [4.69, 9.17) is 10.5 Å². The summed E-state index contributed by atoms with van der Waals surface area (Å²) in [6.45, 7) is 4.78. The first-order valence-corrected chi connectivity index (χ1v) is 9.31. The Balaban J connectivity index is 2.19. The van der Waals surface area contributed by atoms with E-state index in [-0.39, 0.29) is 6.04 Å². The van der Waals surface area contributed by atoms with Gasteiger partial charge in [-0.2, -0.15) is 0 Å². The molecule has 0 saturated heterocycles. The summed E-state index contributed by atoms with van der Waals surface area (Å²) in [5.41, 5.74) is 8.42. The van der Waals surface area contributed by atoms with Gasteiger partial charge in [-0.15, -0.1) is 11.3 Å². The second kappa shape index (κ2) is 7.77. The van der Waals surface area contributed by atoms with Crippen LogP contribution in [0.15, 0.2) is 32.5 Å². The minimum absolute atomic E-state index is 0.164. The lowest BCUT2D eigenvalue weighted by Gasteiger charge is -2.17. The van der Waals surface area contributed by atoms with E-state index in [1.54, 1.807) is 11.3 Å². The summed E-state index contributed by atoms with van der Waals surface area (Å²) in [4.78, 5) is 1.20. The number of ether oxygens (including phenoxy) is 1. The molecule has 1 aromatic heterocycles. The lowest BCUT2D eigenvalue weighted by atomic mass is 10.0. The van der Waals surface area contributed by atoms with Crippen LogP contribution in [0.5, 0.6) is 5.75 Å². The molecule has 2 rings (SSSR count). The summed E-state index contributed by atoms with van der Waals surface area (Å²) in [7, 11) is 0. The van der Waals surface area contributed by atoms with Crippen LogP contribution in [0.3, 0.4) is 0 Å². The van der Waals surface area contributed by atoms with E-state index in [1.165, 1.54) is 10.4 Å². The molecule has 21 heavy (non-hydrogen) atoms. The van der Waals surface area contributed by atoms with Crippen molar-refractivity contribution in [3.05, 3.63) is 48.5 Å². The van der Waals surface area contributed by atoms with Crippen molar-refractivity contribution in [2.45, 2.75) is 39.3 Å². The first kappa shape index (κ1) is 17.0. The van der Waals surface area contributed by atoms with Crippen molar-refractivity contribution >= 4 is 43.2 Å². The topological polar surface area (TPSA) is 35.2 Å². The predicted octanol–water partition coefficient (Wildman–Crippen LogP) is 5.44. The highest BCUT2D eigenvalue weighted by molar-refractivity contribution is 9.11. The molecular formula is C16H19Br2NOS. The van der Waals surface area contributed by atoms with E-state index >= 15 is 0 Å². The number of rotatable bonds is 6. The van der Waals surface area contributed by atoms with Gasteiger partial charge in [-0.05, 0) is 71.1 Å². The van der Waals surface area contributed by atoms with E-state index < -0.39 is 0 Å². The molecule has 0 spiro atoms. The molecule has 0 aliphatic rings. The second-order valence-electron chi connectivity index (χ2n) is 5.08. The number of halogens is 2. The molecule has 1 aromatic carbocycles. The molecule has 2 aromatic rings. The first-order chi connectivity index (χ1) is 9.99. The smallest absolute Gasteiger partial charge is 0.126 e. The normalized spacial score (nSPS) is 12.4. The lowest BCUT2D eigenvalue weighted by Crippen LogP contribution is -2.22. The van der Waals surface area contributed by atoms with Crippen molar-refractivity contribution < 1.29 is 4.74 Å². The van der Waals surface area contributed by atoms with E-state index in [0.717, 1.165) is 32.4 Å². The highest BCUT2D eigenvalue weighted by Gasteiger charge is 2.12. The van der Waals surface area contributed by atoms with Gasteiger partial charge in [-0.1, -0.05) is 22.9 Å². The van der Waals surface area contributed by atoms with Crippen molar-refractivity contribution in [3.63, 3.8) is 0 Å². The Morgan fingerprint density at radius 3 is 2.67 bits per heavy atom. The molecule has 1 heterocycles. The molecule has 1 atom stereocenters. The van der Waals surface area contributed by atoms with Crippen molar-refractivity contribution in [2.24, 2.45) is 5.73 Å². The molecule has 0 amide bonds. The maximum atomic E-state index is 6.11. The zero-order valence-electron chi connectivity index (χ0n) is 12.2. The SMILES string of the molecule is CCC(N)Cc1cc(Br)cc(C)c1OCc1ccc(Br)s1. The van der Waals surface area contributed by atoms with Gasteiger partial charge in [0.25, 0.3) is 0 Å². The van der Waals surface area contributed by atoms with Crippen LogP contribution in [0.25, 0.3) is 0 Å². The third-order valence-corrected chi connectivity index (χ3v) is 5.37. The zero-order chi connectivity index (χ0) is 15.4. The van der Waals surface area contributed by atoms with Gasteiger partial charge in [0.05, 0.1) is 3.79 Å². The Labute approximate surface area is 147 Å². The molecule has 0 fully saturated rings. The van der Waals surface area contributed by atoms with Crippen LogP contribution in [0.1, 0.15) is 29.3 Å². The highest BCUT2D eigenvalue weighted by Crippen LogP contribution is 2.31. The molecule has 0 radical (unpaired) electrons. The average Bonchev–Trinajstić information content (AvgIpc) is 2.83. The summed E-state index contributed by atoms with van der Waals surface area (Å²) in [6.07, 6.45) is 1.79. The lowest BCUT2D eigenvalue weighted by molar-refractivity contribution is 0.303. The molecule has 0 saturated carbocycles. The number of hydrogen-bond donors (Lipinski definition) is 1. The monoisotopic (exact) mass is 431 g/mol. The van der Waals surface area contributed by atoms with Gasteiger partial charge in [0.2, 0.25) is 0 Å². The van der Waals surface area contributed by atoms with Crippen LogP contribution in [-0.4, -0.2) is 6.04 Å². The quantitative estimate of drug-likeness (QED) is 0.659. The summed E-state index contributed by atoms with van der Waals surface area (Å²) in [5.74, 6) is 0.964. The third kappa shape index (κ3) is 4.81.